The van der Waals surface area contributed by atoms with E-state index in [0.717, 1.165) is 0 Å². The fraction of sp³-hybridized carbons (Fsp3) is 0.556. The van der Waals surface area contributed by atoms with Crippen LogP contribution in [0.2, 0.25) is 0 Å². The van der Waals surface area contributed by atoms with Gasteiger partial charge in [0, 0.05) is 0 Å². The third kappa shape index (κ3) is 3.99. The van der Waals surface area contributed by atoms with Crippen molar-refractivity contribution in [1.82, 2.24) is 4.98 Å². The number of hydrogen-bond acceptors (Lipinski definition) is 5. The second-order valence-electron chi connectivity index (χ2n) is 3.90. The highest BCUT2D eigenvalue weighted by Crippen LogP contribution is 2.12. The third-order valence-electron chi connectivity index (χ3n) is 1.31. The summed E-state index contributed by atoms with van der Waals surface area (Å²) in [4.78, 5) is 14.9. The Hall–Kier alpha value is -1.56. The highest BCUT2D eigenvalue weighted by atomic mass is 16.6. The van der Waals surface area contributed by atoms with Crippen LogP contribution in [0.25, 0.3) is 0 Å². The van der Waals surface area contributed by atoms with Crippen molar-refractivity contribution >= 4 is 12.0 Å². The van der Waals surface area contributed by atoms with Crippen LogP contribution < -0.4 is 5.32 Å². The molecule has 1 aromatic rings. The molecule has 1 heterocycles. The molecule has 1 rings (SSSR count). The molecule has 15 heavy (non-hydrogen) atoms. The second kappa shape index (κ2) is 4.31. The standard InChI is InChI=1S/C9H14N2O4/c1-9(2,3)15-8(13)11-6-4-10-7(5-12)14-6/h4,12H,5H2,1-3H3,(H,11,13). The number of nitrogens with zero attached hydrogens (tertiary/aromatic N) is 1. The number of aromatic nitrogens is 1. The SMILES string of the molecule is CC(C)(C)OC(=O)Nc1cnc(CO)o1. The normalized spacial score (nSPS) is 11.2. The van der Waals surface area contributed by atoms with E-state index in [-0.39, 0.29) is 18.4 Å². The van der Waals surface area contributed by atoms with E-state index >= 15 is 0 Å². The van der Waals surface area contributed by atoms with Crippen LogP contribution in [-0.2, 0) is 11.3 Å². The molecular formula is C9H14N2O4. The van der Waals surface area contributed by atoms with E-state index in [0.29, 0.717) is 0 Å². The van der Waals surface area contributed by atoms with Gasteiger partial charge in [-0.3, -0.25) is 5.32 Å². The molecule has 0 aliphatic heterocycles. The number of carbonyl (C=O) groups excluding carboxylic acids is 1. The maximum Gasteiger partial charge on any atom is 0.414 e. The highest BCUT2D eigenvalue weighted by Gasteiger charge is 2.17. The van der Waals surface area contributed by atoms with Gasteiger partial charge < -0.3 is 14.3 Å². The lowest BCUT2D eigenvalue weighted by Gasteiger charge is -2.18. The molecule has 0 spiro atoms. The van der Waals surface area contributed by atoms with Crippen LogP contribution in [0.15, 0.2) is 10.6 Å². The first-order valence-corrected chi connectivity index (χ1v) is 4.46. The quantitative estimate of drug-likeness (QED) is 0.779. The molecule has 0 fully saturated rings. The van der Waals surface area contributed by atoms with Crippen molar-refractivity contribution in [2.45, 2.75) is 33.0 Å². The average Bonchev–Trinajstić information content (AvgIpc) is 2.48. The number of hydrogen-bond donors (Lipinski definition) is 2. The average molecular weight is 214 g/mol. The van der Waals surface area contributed by atoms with Crippen molar-refractivity contribution in [3.8, 4) is 0 Å². The zero-order valence-electron chi connectivity index (χ0n) is 8.90. The molecule has 0 radical (unpaired) electrons. The van der Waals surface area contributed by atoms with Crippen LogP contribution in [0.4, 0.5) is 10.7 Å². The van der Waals surface area contributed by atoms with Crippen molar-refractivity contribution in [2.24, 2.45) is 0 Å². The summed E-state index contributed by atoms with van der Waals surface area (Å²) in [6.45, 7) is 4.96. The van der Waals surface area contributed by atoms with Crippen LogP contribution >= 0.6 is 0 Å². The van der Waals surface area contributed by atoms with Crippen LogP contribution in [0, 0.1) is 0 Å². The largest absolute Gasteiger partial charge is 0.444 e. The summed E-state index contributed by atoms with van der Waals surface area (Å²) in [7, 11) is 0. The Bertz CT molecular complexity index is 340. The predicted octanol–water partition coefficient (Wildman–Crippen LogP) is 1.51. The highest BCUT2D eigenvalue weighted by molar-refractivity contribution is 5.82. The molecule has 1 amide bonds. The van der Waals surface area contributed by atoms with Crippen molar-refractivity contribution in [1.29, 1.82) is 0 Å². The van der Waals surface area contributed by atoms with Gasteiger partial charge in [0.15, 0.2) is 0 Å². The molecule has 0 saturated carbocycles. The van der Waals surface area contributed by atoms with E-state index in [4.69, 9.17) is 14.3 Å². The first-order valence-electron chi connectivity index (χ1n) is 4.46. The lowest BCUT2D eigenvalue weighted by molar-refractivity contribution is 0.0632. The summed E-state index contributed by atoms with van der Waals surface area (Å²) in [5.41, 5.74) is -0.566. The second-order valence-corrected chi connectivity index (χ2v) is 3.90. The van der Waals surface area contributed by atoms with Crippen LogP contribution in [0.5, 0.6) is 0 Å². The number of anilines is 1. The van der Waals surface area contributed by atoms with E-state index in [1.165, 1.54) is 6.20 Å². The maximum atomic E-state index is 11.2. The van der Waals surface area contributed by atoms with Gasteiger partial charge in [0.2, 0.25) is 11.8 Å². The van der Waals surface area contributed by atoms with Gasteiger partial charge in [-0.1, -0.05) is 0 Å². The molecule has 0 atom stereocenters. The lowest BCUT2D eigenvalue weighted by atomic mass is 10.2. The smallest absolute Gasteiger partial charge is 0.414 e. The Balaban J connectivity index is 2.51. The van der Waals surface area contributed by atoms with E-state index in [1.807, 2.05) is 0 Å². The molecule has 6 heteroatoms. The Labute approximate surface area is 87.3 Å². The maximum absolute atomic E-state index is 11.2. The van der Waals surface area contributed by atoms with Gasteiger partial charge in [-0.05, 0) is 20.8 Å². The number of aliphatic hydroxyl groups is 1. The van der Waals surface area contributed by atoms with Gasteiger partial charge >= 0.3 is 6.09 Å². The van der Waals surface area contributed by atoms with Crippen LogP contribution in [0.3, 0.4) is 0 Å². The molecule has 0 aromatic carbocycles. The summed E-state index contributed by atoms with van der Waals surface area (Å²) >= 11 is 0. The Kier molecular flexibility index (Phi) is 3.31. The van der Waals surface area contributed by atoms with Gasteiger partial charge in [0.1, 0.15) is 12.2 Å². The minimum Gasteiger partial charge on any atom is -0.444 e. The van der Waals surface area contributed by atoms with Crippen molar-refractivity contribution in [3.63, 3.8) is 0 Å². The lowest BCUT2D eigenvalue weighted by Crippen LogP contribution is -2.27. The molecule has 6 nitrogen and oxygen atoms in total. The first-order chi connectivity index (χ1) is 6.90. The number of amides is 1. The molecule has 0 aliphatic carbocycles. The minimum atomic E-state index is -0.622. The zero-order valence-corrected chi connectivity index (χ0v) is 8.90. The molecule has 0 unspecified atom stereocenters. The Morgan fingerprint density at radius 3 is 2.80 bits per heavy atom. The Morgan fingerprint density at radius 2 is 2.33 bits per heavy atom. The van der Waals surface area contributed by atoms with Crippen molar-refractivity contribution in [3.05, 3.63) is 12.1 Å². The summed E-state index contributed by atoms with van der Waals surface area (Å²) < 4.78 is 9.93. The van der Waals surface area contributed by atoms with E-state index in [9.17, 15) is 4.79 Å². The molecule has 0 bridgehead atoms. The first kappa shape index (κ1) is 11.5. The number of ether oxygens (including phenoxy) is 1. The summed E-state index contributed by atoms with van der Waals surface area (Å²) in [6, 6.07) is 0. The van der Waals surface area contributed by atoms with Crippen LogP contribution in [-0.4, -0.2) is 21.8 Å². The van der Waals surface area contributed by atoms with Gasteiger partial charge in [-0.25, -0.2) is 9.78 Å². The summed E-state index contributed by atoms with van der Waals surface area (Å²) in [6.07, 6.45) is 0.679. The van der Waals surface area contributed by atoms with E-state index in [1.54, 1.807) is 20.8 Å². The Morgan fingerprint density at radius 1 is 1.67 bits per heavy atom. The monoisotopic (exact) mass is 214 g/mol. The summed E-state index contributed by atoms with van der Waals surface area (Å²) in [5.74, 6) is 0.286. The number of rotatable bonds is 2. The summed E-state index contributed by atoms with van der Waals surface area (Å²) in [5, 5.41) is 11.0. The van der Waals surface area contributed by atoms with E-state index < -0.39 is 11.7 Å². The van der Waals surface area contributed by atoms with E-state index in [2.05, 4.69) is 10.3 Å². The topological polar surface area (TPSA) is 84.6 Å². The minimum absolute atomic E-state index is 0.140. The van der Waals surface area contributed by atoms with Crippen molar-refractivity contribution in [2.75, 3.05) is 5.32 Å². The molecule has 84 valence electrons. The predicted molar refractivity (Wildman–Crippen MR) is 52.3 cm³/mol. The van der Waals surface area contributed by atoms with Gasteiger partial charge in [0.25, 0.3) is 0 Å². The van der Waals surface area contributed by atoms with Gasteiger partial charge in [-0.15, -0.1) is 0 Å². The fourth-order valence-electron chi connectivity index (χ4n) is 0.845. The molecule has 0 aliphatic rings. The molecule has 0 saturated heterocycles. The number of nitrogens with one attached hydrogen (secondary N) is 1. The van der Waals surface area contributed by atoms with Crippen molar-refractivity contribution < 1.29 is 19.1 Å². The number of aliphatic hydroxyl groups excluding tert-OH is 1. The van der Waals surface area contributed by atoms with Crippen LogP contribution in [0.1, 0.15) is 26.7 Å². The number of oxazole rings is 1. The molecule has 1 aromatic heterocycles. The molecule has 2 N–H and O–H groups in total. The number of carbonyl (C=O) groups is 1. The zero-order chi connectivity index (χ0) is 11.5. The fourth-order valence-corrected chi connectivity index (χ4v) is 0.845. The van der Waals surface area contributed by atoms with Gasteiger partial charge in [0.05, 0.1) is 6.20 Å². The molecular weight excluding hydrogens is 200 g/mol. The van der Waals surface area contributed by atoms with Gasteiger partial charge in [-0.2, -0.15) is 0 Å². The third-order valence-corrected chi connectivity index (χ3v) is 1.31.